The summed E-state index contributed by atoms with van der Waals surface area (Å²) in [4.78, 5) is 1.21. The molecule has 18 heavy (non-hydrogen) atoms. The van der Waals surface area contributed by atoms with Crippen LogP contribution in [0.4, 0.5) is 4.39 Å². The molecule has 2 rings (SSSR count). The Morgan fingerprint density at radius 1 is 1.28 bits per heavy atom. The summed E-state index contributed by atoms with van der Waals surface area (Å²) in [7, 11) is 0. The maximum atomic E-state index is 13.3. The second-order valence-electron chi connectivity index (χ2n) is 3.81. The first-order valence-corrected chi connectivity index (χ1v) is 7.95. The SMILES string of the molecule is CCNC(c1ccc(F)c(Br)c1)c1ccc(Br)s1. The van der Waals surface area contributed by atoms with E-state index in [2.05, 4.69) is 50.2 Å². The predicted octanol–water partition coefficient (Wildman–Crippen LogP) is 5.11. The summed E-state index contributed by atoms with van der Waals surface area (Å²) in [5.74, 6) is -0.235. The van der Waals surface area contributed by atoms with E-state index < -0.39 is 0 Å². The molecule has 0 aliphatic rings. The van der Waals surface area contributed by atoms with Crippen LogP contribution in [0.2, 0.25) is 0 Å². The van der Waals surface area contributed by atoms with Gasteiger partial charge in [0.05, 0.1) is 14.3 Å². The number of halogens is 3. The molecule has 2 aromatic rings. The molecule has 1 N–H and O–H groups in total. The molecule has 5 heteroatoms. The van der Waals surface area contributed by atoms with Crippen LogP contribution in [-0.2, 0) is 0 Å². The van der Waals surface area contributed by atoms with E-state index in [1.54, 1.807) is 11.3 Å². The van der Waals surface area contributed by atoms with Gasteiger partial charge in [0.1, 0.15) is 5.82 Å². The van der Waals surface area contributed by atoms with Gasteiger partial charge < -0.3 is 5.32 Å². The molecule has 0 bridgehead atoms. The highest BCUT2D eigenvalue weighted by Gasteiger charge is 2.16. The molecule has 0 aliphatic carbocycles. The average Bonchev–Trinajstić information content (AvgIpc) is 2.76. The van der Waals surface area contributed by atoms with E-state index >= 15 is 0 Å². The maximum Gasteiger partial charge on any atom is 0.137 e. The van der Waals surface area contributed by atoms with Crippen molar-refractivity contribution in [1.82, 2.24) is 5.32 Å². The van der Waals surface area contributed by atoms with E-state index in [-0.39, 0.29) is 11.9 Å². The summed E-state index contributed by atoms with van der Waals surface area (Å²) in [5, 5.41) is 3.42. The highest BCUT2D eigenvalue weighted by molar-refractivity contribution is 9.11. The standard InChI is InChI=1S/C13H12Br2FNS/c1-2-17-13(11-5-6-12(15)18-11)8-3-4-10(16)9(14)7-8/h3-7,13,17H,2H2,1H3. The molecule has 0 saturated heterocycles. The fourth-order valence-corrected chi connectivity index (χ4v) is 3.69. The van der Waals surface area contributed by atoms with Gasteiger partial charge in [-0.3, -0.25) is 0 Å². The quantitative estimate of drug-likeness (QED) is 0.762. The lowest BCUT2D eigenvalue weighted by molar-refractivity contribution is 0.611. The van der Waals surface area contributed by atoms with Gasteiger partial charge in [-0.05, 0) is 68.2 Å². The van der Waals surface area contributed by atoms with E-state index in [1.807, 2.05) is 18.2 Å². The smallest absolute Gasteiger partial charge is 0.137 e. The number of benzene rings is 1. The Hall–Kier alpha value is -0.230. The Kier molecular flexibility index (Phi) is 4.95. The molecule has 1 nitrogen and oxygen atoms in total. The van der Waals surface area contributed by atoms with Crippen molar-refractivity contribution in [2.75, 3.05) is 6.54 Å². The van der Waals surface area contributed by atoms with Crippen molar-refractivity contribution in [2.45, 2.75) is 13.0 Å². The summed E-state index contributed by atoms with van der Waals surface area (Å²) in [6, 6.07) is 9.36. The van der Waals surface area contributed by atoms with Gasteiger partial charge in [0, 0.05) is 4.88 Å². The lowest BCUT2D eigenvalue weighted by Crippen LogP contribution is -2.21. The van der Waals surface area contributed by atoms with Gasteiger partial charge in [-0.15, -0.1) is 11.3 Å². The topological polar surface area (TPSA) is 12.0 Å². The van der Waals surface area contributed by atoms with Crippen LogP contribution in [0.1, 0.15) is 23.4 Å². The minimum atomic E-state index is -0.235. The fourth-order valence-electron chi connectivity index (χ4n) is 1.76. The molecule has 1 unspecified atom stereocenters. The molecule has 0 spiro atoms. The van der Waals surface area contributed by atoms with Crippen LogP contribution in [0.25, 0.3) is 0 Å². The number of rotatable bonds is 4. The molecular formula is C13H12Br2FNS. The summed E-state index contributed by atoms with van der Waals surface area (Å²) in [5.41, 5.74) is 1.06. The van der Waals surface area contributed by atoms with Gasteiger partial charge in [0.25, 0.3) is 0 Å². The first-order chi connectivity index (χ1) is 8.61. The molecule has 1 aromatic heterocycles. The molecule has 0 fully saturated rings. The second kappa shape index (κ2) is 6.28. The summed E-state index contributed by atoms with van der Waals surface area (Å²) < 4.78 is 14.9. The average molecular weight is 393 g/mol. The van der Waals surface area contributed by atoms with Crippen LogP contribution in [0.5, 0.6) is 0 Å². The van der Waals surface area contributed by atoms with Gasteiger partial charge in [-0.2, -0.15) is 0 Å². The molecular weight excluding hydrogens is 381 g/mol. The molecule has 0 amide bonds. The number of thiophene rings is 1. The third kappa shape index (κ3) is 3.20. The molecule has 1 aromatic carbocycles. The molecule has 0 saturated carbocycles. The highest BCUT2D eigenvalue weighted by atomic mass is 79.9. The Labute approximate surface area is 127 Å². The first-order valence-electron chi connectivity index (χ1n) is 5.55. The van der Waals surface area contributed by atoms with Gasteiger partial charge in [-0.1, -0.05) is 13.0 Å². The van der Waals surface area contributed by atoms with Crippen molar-refractivity contribution < 1.29 is 4.39 Å². The van der Waals surface area contributed by atoms with Crippen LogP contribution < -0.4 is 5.32 Å². The molecule has 1 atom stereocenters. The van der Waals surface area contributed by atoms with Crippen molar-refractivity contribution >= 4 is 43.2 Å². The first kappa shape index (κ1) is 14.2. The van der Waals surface area contributed by atoms with Crippen molar-refractivity contribution in [1.29, 1.82) is 0 Å². The Morgan fingerprint density at radius 2 is 2.06 bits per heavy atom. The molecule has 0 radical (unpaired) electrons. The second-order valence-corrected chi connectivity index (χ2v) is 7.16. The maximum absolute atomic E-state index is 13.3. The zero-order chi connectivity index (χ0) is 13.1. The largest absolute Gasteiger partial charge is 0.306 e. The number of nitrogens with one attached hydrogen (secondary N) is 1. The zero-order valence-electron chi connectivity index (χ0n) is 9.71. The van der Waals surface area contributed by atoms with Gasteiger partial charge in [0.2, 0.25) is 0 Å². The van der Waals surface area contributed by atoms with Crippen LogP contribution in [-0.4, -0.2) is 6.54 Å². The van der Waals surface area contributed by atoms with E-state index in [1.165, 1.54) is 10.9 Å². The lowest BCUT2D eigenvalue weighted by atomic mass is 10.1. The third-order valence-corrected chi connectivity index (χ3v) is 4.86. The van der Waals surface area contributed by atoms with Gasteiger partial charge >= 0.3 is 0 Å². The fraction of sp³-hybridized carbons (Fsp3) is 0.231. The van der Waals surface area contributed by atoms with Gasteiger partial charge in [-0.25, -0.2) is 4.39 Å². The number of hydrogen-bond acceptors (Lipinski definition) is 2. The van der Waals surface area contributed by atoms with E-state index in [4.69, 9.17) is 0 Å². The number of hydrogen-bond donors (Lipinski definition) is 1. The van der Waals surface area contributed by atoms with Crippen molar-refractivity contribution in [2.24, 2.45) is 0 Å². The normalized spacial score (nSPS) is 12.7. The van der Waals surface area contributed by atoms with Crippen molar-refractivity contribution in [3.8, 4) is 0 Å². The van der Waals surface area contributed by atoms with E-state index in [9.17, 15) is 4.39 Å². The minimum absolute atomic E-state index is 0.100. The lowest BCUT2D eigenvalue weighted by Gasteiger charge is -2.17. The monoisotopic (exact) mass is 391 g/mol. The summed E-state index contributed by atoms with van der Waals surface area (Å²) >= 11 is 8.39. The molecule has 1 heterocycles. The highest BCUT2D eigenvalue weighted by Crippen LogP contribution is 2.32. The third-order valence-electron chi connectivity index (χ3n) is 2.56. The van der Waals surface area contributed by atoms with Crippen LogP contribution in [0.3, 0.4) is 0 Å². The Morgan fingerprint density at radius 3 is 2.61 bits per heavy atom. The van der Waals surface area contributed by atoms with Gasteiger partial charge in [0.15, 0.2) is 0 Å². The van der Waals surface area contributed by atoms with Crippen molar-refractivity contribution in [3.05, 3.63) is 54.8 Å². The summed E-state index contributed by atoms with van der Waals surface area (Å²) in [6.45, 7) is 2.92. The predicted molar refractivity (Wildman–Crippen MR) is 81.6 cm³/mol. The summed E-state index contributed by atoms with van der Waals surface area (Å²) in [6.07, 6.45) is 0. The van der Waals surface area contributed by atoms with E-state index in [0.29, 0.717) is 4.47 Å². The van der Waals surface area contributed by atoms with Crippen LogP contribution >= 0.6 is 43.2 Å². The molecule has 0 aliphatic heterocycles. The minimum Gasteiger partial charge on any atom is -0.306 e. The Balaban J connectivity index is 2.37. The van der Waals surface area contributed by atoms with Crippen LogP contribution in [0.15, 0.2) is 38.6 Å². The van der Waals surface area contributed by atoms with Crippen molar-refractivity contribution in [3.63, 3.8) is 0 Å². The molecule has 96 valence electrons. The van der Waals surface area contributed by atoms with E-state index in [0.717, 1.165) is 15.9 Å². The Bertz CT molecular complexity index is 542. The van der Waals surface area contributed by atoms with Crippen LogP contribution in [0, 0.1) is 5.82 Å². The zero-order valence-corrected chi connectivity index (χ0v) is 13.7.